The monoisotopic (exact) mass is 537 g/mol. The van der Waals surface area contributed by atoms with Crippen LogP contribution >= 0.6 is 0 Å². The van der Waals surface area contributed by atoms with Crippen molar-refractivity contribution in [2.24, 2.45) is 0 Å². The molecule has 3 aliphatic rings. The van der Waals surface area contributed by atoms with Gasteiger partial charge in [0.15, 0.2) is 11.4 Å². The third-order valence-corrected chi connectivity index (χ3v) is 8.01. The number of benzene rings is 2. The first-order valence-corrected chi connectivity index (χ1v) is 13.0. The van der Waals surface area contributed by atoms with Crippen LogP contribution < -0.4 is 15.5 Å². The number of nitrogens with one attached hydrogen (secondary N) is 1. The zero-order valence-corrected chi connectivity index (χ0v) is 21.0. The highest BCUT2D eigenvalue weighted by Gasteiger charge is 2.54. The Morgan fingerprint density at radius 1 is 1.05 bits per heavy atom. The van der Waals surface area contributed by atoms with Gasteiger partial charge in [0.25, 0.3) is 11.8 Å². The number of pyridine rings is 1. The number of hydrogen-bond acceptors (Lipinski definition) is 4. The summed E-state index contributed by atoms with van der Waals surface area (Å²) in [4.78, 5) is 42.5. The van der Waals surface area contributed by atoms with Crippen molar-refractivity contribution in [2.45, 2.75) is 56.8 Å². The molecule has 2 fully saturated rings. The third-order valence-electron chi connectivity index (χ3n) is 8.01. The van der Waals surface area contributed by atoms with Gasteiger partial charge in [0.1, 0.15) is 29.6 Å². The second-order valence-corrected chi connectivity index (χ2v) is 10.4. The topological polar surface area (TPSA) is 80.6 Å². The van der Waals surface area contributed by atoms with E-state index in [1.54, 1.807) is 4.57 Å². The van der Waals surface area contributed by atoms with Crippen LogP contribution in [0.25, 0.3) is 0 Å². The van der Waals surface area contributed by atoms with Crippen LogP contribution in [0.4, 0.5) is 13.2 Å². The SMILES string of the molecule is O=C(NCc1c(F)cc(F)cc1F)c1cn2c(c(OCc3ccccc3)c1=O)C(=O)N1C[C@@H]2CCCC12CC2. The molecule has 6 rings (SSSR count). The fourth-order valence-corrected chi connectivity index (χ4v) is 5.75. The normalized spacial score (nSPS) is 18.9. The minimum absolute atomic E-state index is 0.00322. The lowest BCUT2D eigenvalue weighted by Crippen LogP contribution is -2.49. The second-order valence-electron chi connectivity index (χ2n) is 10.4. The summed E-state index contributed by atoms with van der Waals surface area (Å²) < 4.78 is 49.2. The maximum Gasteiger partial charge on any atom is 0.275 e. The summed E-state index contributed by atoms with van der Waals surface area (Å²) in [5.74, 6) is -4.79. The summed E-state index contributed by atoms with van der Waals surface area (Å²) in [6.07, 6.45) is 5.73. The molecule has 0 radical (unpaired) electrons. The van der Waals surface area contributed by atoms with Crippen molar-refractivity contribution in [3.63, 3.8) is 0 Å². The number of hydrogen-bond donors (Lipinski definition) is 1. The molecule has 2 amide bonds. The van der Waals surface area contributed by atoms with Crippen LogP contribution in [0.3, 0.4) is 0 Å². The molecule has 2 bridgehead atoms. The molecular weight excluding hydrogens is 511 g/mol. The van der Waals surface area contributed by atoms with Gasteiger partial charge in [-0.1, -0.05) is 30.3 Å². The molecule has 10 heteroatoms. The standard InChI is InChI=1S/C29H26F3N3O4/c30-18-11-22(31)20(23(32)12-18)13-33-27(37)21-15-34-19-7-4-8-29(9-10-29)35(14-19)28(38)24(34)26(25(21)36)39-16-17-5-2-1-3-6-17/h1-3,5-6,11-12,15,19H,4,7-10,13-14,16H2,(H,33,37)/t19-/m0/s1. The third kappa shape index (κ3) is 4.47. The summed E-state index contributed by atoms with van der Waals surface area (Å²) in [6.45, 7) is -0.125. The molecule has 1 atom stereocenters. The van der Waals surface area contributed by atoms with Gasteiger partial charge in [-0.15, -0.1) is 0 Å². The van der Waals surface area contributed by atoms with Gasteiger partial charge in [0, 0.05) is 42.5 Å². The minimum atomic E-state index is -1.15. The maximum absolute atomic E-state index is 14.1. The number of nitrogens with zero attached hydrogens (tertiary/aromatic N) is 2. The van der Waals surface area contributed by atoms with E-state index in [9.17, 15) is 27.6 Å². The van der Waals surface area contributed by atoms with Gasteiger partial charge in [0.05, 0.1) is 6.04 Å². The highest BCUT2D eigenvalue weighted by Crippen LogP contribution is 2.51. The van der Waals surface area contributed by atoms with Crippen LogP contribution in [0.2, 0.25) is 0 Å². The Kier molecular flexibility index (Phi) is 6.20. The van der Waals surface area contributed by atoms with E-state index < -0.39 is 40.9 Å². The molecule has 202 valence electrons. The lowest BCUT2D eigenvalue weighted by molar-refractivity contribution is 0.0552. The number of carbonyl (C=O) groups excluding carboxylic acids is 2. The van der Waals surface area contributed by atoms with Gasteiger partial charge in [0.2, 0.25) is 5.43 Å². The van der Waals surface area contributed by atoms with Crippen LogP contribution in [0.5, 0.6) is 5.75 Å². The largest absolute Gasteiger partial charge is 0.483 e. The molecule has 1 saturated heterocycles. The Balaban J connectivity index is 1.39. The van der Waals surface area contributed by atoms with Gasteiger partial charge in [-0.05, 0) is 37.7 Å². The summed E-state index contributed by atoms with van der Waals surface area (Å²) in [5, 5.41) is 2.36. The first-order chi connectivity index (χ1) is 18.8. The Morgan fingerprint density at radius 2 is 1.77 bits per heavy atom. The van der Waals surface area contributed by atoms with E-state index in [0.717, 1.165) is 37.7 Å². The molecule has 3 aromatic rings. The molecule has 7 nitrogen and oxygen atoms in total. The molecular formula is C29H26F3N3O4. The summed E-state index contributed by atoms with van der Waals surface area (Å²) in [6, 6.07) is 9.99. The number of halogens is 3. The highest BCUT2D eigenvalue weighted by atomic mass is 19.1. The molecule has 3 heterocycles. The van der Waals surface area contributed by atoms with Gasteiger partial charge < -0.3 is 19.5 Å². The number of ether oxygens (including phenoxy) is 1. The van der Waals surface area contributed by atoms with Gasteiger partial charge >= 0.3 is 0 Å². The Labute approximate surface area is 222 Å². The van der Waals surface area contributed by atoms with Gasteiger partial charge in [-0.25, -0.2) is 13.2 Å². The zero-order chi connectivity index (χ0) is 27.3. The first-order valence-electron chi connectivity index (χ1n) is 13.0. The van der Waals surface area contributed by atoms with E-state index >= 15 is 0 Å². The molecule has 1 spiro atoms. The lowest BCUT2D eigenvalue weighted by atomic mass is 10.1. The first kappa shape index (κ1) is 25.2. The fourth-order valence-electron chi connectivity index (χ4n) is 5.75. The number of aromatic nitrogens is 1. The number of amides is 2. The van der Waals surface area contributed by atoms with Crippen molar-refractivity contribution >= 4 is 11.8 Å². The van der Waals surface area contributed by atoms with Crippen LogP contribution in [-0.2, 0) is 13.2 Å². The van der Waals surface area contributed by atoms with Crippen molar-refractivity contribution in [1.29, 1.82) is 0 Å². The Bertz CT molecular complexity index is 1510. The average Bonchev–Trinajstić information content (AvgIpc) is 3.71. The Hall–Kier alpha value is -4.08. The van der Waals surface area contributed by atoms with E-state index in [4.69, 9.17) is 4.74 Å². The van der Waals surface area contributed by atoms with E-state index in [0.29, 0.717) is 18.7 Å². The molecule has 1 aromatic heterocycles. The second kappa shape index (κ2) is 9.59. The summed E-state index contributed by atoms with van der Waals surface area (Å²) in [5.41, 5.74) is -0.917. The van der Waals surface area contributed by atoms with Crippen molar-refractivity contribution in [3.8, 4) is 5.75 Å². The highest BCUT2D eigenvalue weighted by molar-refractivity contribution is 5.99. The molecule has 39 heavy (non-hydrogen) atoms. The quantitative estimate of drug-likeness (QED) is 0.503. The van der Waals surface area contributed by atoms with Crippen molar-refractivity contribution in [1.82, 2.24) is 14.8 Å². The fraction of sp³-hybridized carbons (Fsp3) is 0.345. The van der Waals surface area contributed by atoms with E-state index in [-0.39, 0.29) is 41.1 Å². The van der Waals surface area contributed by atoms with Gasteiger partial charge in [-0.2, -0.15) is 0 Å². The molecule has 1 aliphatic carbocycles. The lowest BCUT2D eigenvalue weighted by Gasteiger charge is -2.39. The number of fused-ring (bicyclic) bond motifs is 5. The van der Waals surface area contributed by atoms with Crippen LogP contribution in [0, 0.1) is 17.5 Å². The Morgan fingerprint density at radius 3 is 2.46 bits per heavy atom. The predicted octanol–water partition coefficient (Wildman–Crippen LogP) is 4.49. The smallest absolute Gasteiger partial charge is 0.275 e. The molecule has 0 unspecified atom stereocenters. The van der Waals surface area contributed by atoms with Crippen molar-refractivity contribution in [2.75, 3.05) is 6.54 Å². The van der Waals surface area contributed by atoms with Crippen molar-refractivity contribution < 1.29 is 27.5 Å². The zero-order valence-electron chi connectivity index (χ0n) is 21.0. The summed E-state index contributed by atoms with van der Waals surface area (Å²) >= 11 is 0. The van der Waals surface area contributed by atoms with Crippen LogP contribution in [0.15, 0.2) is 53.5 Å². The molecule has 1 saturated carbocycles. The van der Waals surface area contributed by atoms with E-state index in [2.05, 4.69) is 5.32 Å². The minimum Gasteiger partial charge on any atom is -0.483 e. The van der Waals surface area contributed by atoms with Gasteiger partial charge in [-0.3, -0.25) is 14.4 Å². The predicted molar refractivity (Wildman–Crippen MR) is 135 cm³/mol. The van der Waals surface area contributed by atoms with Crippen LogP contribution in [0.1, 0.15) is 70.1 Å². The number of carbonyl (C=O) groups is 2. The van der Waals surface area contributed by atoms with Crippen LogP contribution in [-0.4, -0.2) is 33.4 Å². The summed E-state index contributed by atoms with van der Waals surface area (Å²) in [7, 11) is 0. The number of rotatable bonds is 6. The van der Waals surface area contributed by atoms with Crippen molar-refractivity contribution in [3.05, 3.63) is 98.7 Å². The molecule has 1 N–H and O–H groups in total. The average molecular weight is 538 g/mol. The molecule has 2 aliphatic heterocycles. The molecule has 2 aromatic carbocycles. The van der Waals surface area contributed by atoms with E-state index in [1.165, 1.54) is 6.20 Å². The maximum atomic E-state index is 14.1. The van der Waals surface area contributed by atoms with E-state index in [1.807, 2.05) is 35.2 Å².